The summed E-state index contributed by atoms with van der Waals surface area (Å²) in [5.41, 5.74) is 6.88. The molecule has 0 aliphatic carbocycles. The highest BCUT2D eigenvalue weighted by atomic mass is 16.7. The van der Waals surface area contributed by atoms with E-state index < -0.39 is 55.1 Å². The summed E-state index contributed by atoms with van der Waals surface area (Å²) in [6, 6.07) is 70.0. The highest BCUT2D eigenvalue weighted by molar-refractivity contribution is 5.19. The Kier molecular flexibility index (Phi) is 20.5. The monoisotopic (exact) mass is 958 g/mol. The fourth-order valence-electron chi connectivity index (χ4n) is 8.53. The molecular formula is C61H66O10. The van der Waals surface area contributed by atoms with Gasteiger partial charge in [-0.15, -0.1) is 0 Å². The summed E-state index contributed by atoms with van der Waals surface area (Å²) >= 11 is 0. The summed E-state index contributed by atoms with van der Waals surface area (Å²) in [7, 11) is 0. The molecule has 1 N–H and O–H groups in total. The van der Waals surface area contributed by atoms with E-state index in [2.05, 4.69) is 0 Å². The van der Waals surface area contributed by atoms with E-state index >= 15 is 0 Å². The maximum Gasteiger partial charge on any atom is 0.186 e. The van der Waals surface area contributed by atoms with Gasteiger partial charge >= 0.3 is 0 Å². The molecule has 1 saturated heterocycles. The molecule has 1 aliphatic rings. The first-order chi connectivity index (χ1) is 35.1. The predicted molar refractivity (Wildman–Crippen MR) is 273 cm³/mol. The average Bonchev–Trinajstić information content (AvgIpc) is 3.43. The highest BCUT2D eigenvalue weighted by Gasteiger charge is 2.47. The smallest absolute Gasteiger partial charge is 0.186 e. The maximum absolute atomic E-state index is 12.3. The van der Waals surface area contributed by atoms with Crippen LogP contribution < -0.4 is 0 Å². The second kappa shape index (κ2) is 28.2. The van der Waals surface area contributed by atoms with E-state index in [1.165, 1.54) is 0 Å². The van der Waals surface area contributed by atoms with E-state index in [9.17, 15) is 5.11 Å². The Morgan fingerprint density at radius 3 is 1.06 bits per heavy atom. The molecule has 10 nitrogen and oxygen atoms in total. The molecular weight excluding hydrogens is 893 g/mol. The lowest BCUT2D eigenvalue weighted by Crippen LogP contribution is -2.60. The molecule has 370 valence electrons. The Hall–Kier alpha value is -5.86. The van der Waals surface area contributed by atoms with Crippen molar-refractivity contribution in [3.05, 3.63) is 251 Å². The predicted octanol–water partition coefficient (Wildman–Crippen LogP) is 10.8. The molecule has 10 heteroatoms. The first kappa shape index (κ1) is 51.5. The fraction of sp³-hybridized carbons (Fsp3) is 0.311. The summed E-state index contributed by atoms with van der Waals surface area (Å²) in [6.07, 6.45) is -7.39. The lowest BCUT2D eigenvalue weighted by molar-refractivity contribution is -0.317. The Morgan fingerprint density at radius 1 is 0.366 bits per heavy atom. The number of aliphatic hydroxyl groups is 1. The Morgan fingerprint density at radius 2 is 0.676 bits per heavy atom. The highest BCUT2D eigenvalue weighted by Crippen LogP contribution is 2.30. The quantitative estimate of drug-likeness (QED) is 0.0510. The van der Waals surface area contributed by atoms with Gasteiger partial charge in [0.15, 0.2) is 6.29 Å². The van der Waals surface area contributed by atoms with Crippen LogP contribution in [0.25, 0.3) is 0 Å². The van der Waals surface area contributed by atoms with Crippen molar-refractivity contribution in [3.8, 4) is 0 Å². The number of aliphatic hydroxyl groups excluding tert-OH is 1. The normalized spacial score (nSPS) is 19.7. The molecule has 8 rings (SSSR count). The van der Waals surface area contributed by atoms with Gasteiger partial charge in [0.2, 0.25) is 0 Å². The molecule has 0 aromatic heterocycles. The minimum absolute atomic E-state index is 0.0663. The third-order valence-electron chi connectivity index (χ3n) is 12.4. The zero-order valence-corrected chi connectivity index (χ0v) is 40.4. The van der Waals surface area contributed by atoms with Crippen LogP contribution in [0.5, 0.6) is 0 Å². The van der Waals surface area contributed by atoms with Gasteiger partial charge in [0.25, 0.3) is 0 Å². The van der Waals surface area contributed by atoms with Crippen LogP contribution in [-0.4, -0.2) is 73.4 Å². The van der Waals surface area contributed by atoms with Crippen molar-refractivity contribution >= 4 is 0 Å². The van der Waals surface area contributed by atoms with Crippen molar-refractivity contribution < 1.29 is 47.7 Å². The number of benzene rings is 7. The lowest BCUT2D eigenvalue weighted by Gasteiger charge is -2.44. The van der Waals surface area contributed by atoms with Crippen LogP contribution in [0.2, 0.25) is 0 Å². The summed E-state index contributed by atoms with van der Waals surface area (Å²) in [6.45, 7) is 3.96. The molecule has 9 atom stereocenters. The zero-order chi connectivity index (χ0) is 48.7. The standard InChI is InChI=1S/C61H66O10/c1-46-57(66-40-50-29-15-5-16-30-50)60(69-43-53-35-21-8-22-36-53)56(62)61(71-46)70-45-55(65-39-49-27-13-4-14-28-49)59(68-42-52-33-19-7-20-34-52)58(67-41-51-31-17-6-18-32-51)54(64-38-48-25-11-3-12-26-48)44-63-37-47-23-9-2-10-24-47/h2-36,46,54-62H,37-45H2,1H3/t46-,54+,55-,56+,57-,58+,59+,60-,61+/m0/s1. The van der Waals surface area contributed by atoms with Crippen LogP contribution in [0.3, 0.4) is 0 Å². The van der Waals surface area contributed by atoms with Crippen LogP contribution in [0.4, 0.5) is 0 Å². The minimum atomic E-state index is -1.24. The third-order valence-corrected chi connectivity index (χ3v) is 12.4. The molecule has 71 heavy (non-hydrogen) atoms. The van der Waals surface area contributed by atoms with Gasteiger partial charge in [0, 0.05) is 0 Å². The van der Waals surface area contributed by atoms with E-state index in [0.29, 0.717) is 19.8 Å². The van der Waals surface area contributed by atoms with Crippen molar-refractivity contribution in [1.29, 1.82) is 0 Å². The second-order valence-electron chi connectivity index (χ2n) is 17.7. The van der Waals surface area contributed by atoms with Gasteiger partial charge in [-0.2, -0.15) is 0 Å². The van der Waals surface area contributed by atoms with Crippen molar-refractivity contribution in [2.24, 2.45) is 0 Å². The van der Waals surface area contributed by atoms with E-state index in [0.717, 1.165) is 38.9 Å². The molecule has 0 unspecified atom stereocenters. The largest absolute Gasteiger partial charge is 0.385 e. The molecule has 1 fully saturated rings. The summed E-state index contributed by atoms with van der Waals surface area (Å²) in [4.78, 5) is 0. The molecule has 7 aromatic rings. The van der Waals surface area contributed by atoms with Gasteiger partial charge in [-0.05, 0) is 45.9 Å². The third kappa shape index (κ3) is 16.3. The van der Waals surface area contributed by atoms with Gasteiger partial charge in [-0.1, -0.05) is 212 Å². The Balaban J connectivity index is 1.12. The molecule has 0 spiro atoms. The van der Waals surface area contributed by atoms with Gasteiger partial charge in [-0.3, -0.25) is 0 Å². The van der Waals surface area contributed by atoms with Crippen molar-refractivity contribution in [2.45, 2.75) is 108 Å². The second-order valence-corrected chi connectivity index (χ2v) is 17.7. The number of ether oxygens (including phenoxy) is 9. The first-order valence-electron chi connectivity index (χ1n) is 24.6. The van der Waals surface area contributed by atoms with Gasteiger partial charge < -0.3 is 47.7 Å². The maximum atomic E-state index is 12.3. The van der Waals surface area contributed by atoms with Crippen LogP contribution in [0.15, 0.2) is 212 Å². The molecule has 1 heterocycles. The van der Waals surface area contributed by atoms with Crippen LogP contribution >= 0.6 is 0 Å². The minimum Gasteiger partial charge on any atom is -0.385 e. The molecule has 0 radical (unpaired) electrons. The van der Waals surface area contributed by atoms with Crippen LogP contribution in [-0.2, 0) is 88.9 Å². The van der Waals surface area contributed by atoms with Gasteiger partial charge in [-0.25, -0.2) is 0 Å². The SMILES string of the molecule is C[C@@H]1O[C@@H](OC[C@H](OCc2ccccc2)[C@@H](OCc2ccccc2)[C@H](OCc2ccccc2)[C@@H](COCc2ccccc2)OCc2ccccc2)[C@H](O)[C@H](OCc2ccccc2)[C@H]1OCc1ccccc1. The lowest BCUT2D eigenvalue weighted by atomic mass is 9.98. The Labute approximate surface area is 419 Å². The van der Waals surface area contributed by atoms with Crippen LogP contribution in [0, 0.1) is 0 Å². The van der Waals surface area contributed by atoms with Gasteiger partial charge in [0.1, 0.15) is 42.7 Å². The van der Waals surface area contributed by atoms with Crippen molar-refractivity contribution in [3.63, 3.8) is 0 Å². The van der Waals surface area contributed by atoms with E-state index in [4.69, 9.17) is 42.6 Å². The first-order valence-corrected chi connectivity index (χ1v) is 24.6. The average molecular weight is 959 g/mol. The number of hydrogen-bond acceptors (Lipinski definition) is 10. The van der Waals surface area contributed by atoms with Crippen molar-refractivity contribution in [2.75, 3.05) is 13.2 Å². The summed E-state index contributed by atoms with van der Waals surface area (Å²) < 4.78 is 61.0. The summed E-state index contributed by atoms with van der Waals surface area (Å²) in [5, 5.41) is 12.3. The Bertz CT molecular complexity index is 2470. The van der Waals surface area contributed by atoms with Crippen molar-refractivity contribution in [1.82, 2.24) is 0 Å². The van der Waals surface area contributed by atoms with Gasteiger partial charge in [0.05, 0.1) is 65.6 Å². The molecule has 0 bridgehead atoms. The molecule has 0 saturated carbocycles. The molecule has 1 aliphatic heterocycles. The van der Waals surface area contributed by atoms with Crippen LogP contribution in [0.1, 0.15) is 45.9 Å². The van der Waals surface area contributed by atoms with E-state index in [1.807, 2.05) is 219 Å². The number of hydrogen-bond donors (Lipinski definition) is 1. The molecule has 0 amide bonds. The molecule has 7 aromatic carbocycles. The van der Waals surface area contributed by atoms with E-state index in [-0.39, 0.29) is 39.6 Å². The number of rotatable bonds is 28. The summed E-state index contributed by atoms with van der Waals surface area (Å²) in [5.74, 6) is 0. The van der Waals surface area contributed by atoms with E-state index in [1.54, 1.807) is 0 Å². The fourth-order valence-corrected chi connectivity index (χ4v) is 8.53. The topological polar surface area (TPSA) is 103 Å². The zero-order valence-electron chi connectivity index (χ0n) is 40.4.